The van der Waals surface area contributed by atoms with Gasteiger partial charge in [-0.2, -0.15) is 5.10 Å². The van der Waals surface area contributed by atoms with Crippen LogP contribution in [0, 0.1) is 0 Å². The number of hydrogen-bond donors (Lipinski definition) is 1. The standard InChI is InChI=1S/C14H19N3/c1-11(2)14-12(9-15-3)10-16-17(14)13-7-5-4-6-8-13/h4-8,10-11,15H,9H2,1-3H3. The summed E-state index contributed by atoms with van der Waals surface area (Å²) in [6.45, 7) is 5.27. The second-order valence-electron chi connectivity index (χ2n) is 4.49. The first-order valence-electron chi connectivity index (χ1n) is 6.01. The van der Waals surface area contributed by atoms with Gasteiger partial charge in [-0.15, -0.1) is 0 Å². The zero-order valence-corrected chi connectivity index (χ0v) is 10.6. The molecule has 0 saturated heterocycles. The molecule has 0 unspecified atom stereocenters. The zero-order chi connectivity index (χ0) is 12.3. The lowest BCUT2D eigenvalue weighted by Crippen LogP contribution is -2.10. The summed E-state index contributed by atoms with van der Waals surface area (Å²) in [5.74, 6) is 0.459. The maximum atomic E-state index is 4.50. The van der Waals surface area contributed by atoms with Gasteiger partial charge in [-0.25, -0.2) is 4.68 Å². The van der Waals surface area contributed by atoms with E-state index in [1.165, 1.54) is 11.3 Å². The number of aromatic nitrogens is 2. The van der Waals surface area contributed by atoms with Crippen molar-refractivity contribution in [2.24, 2.45) is 0 Å². The van der Waals surface area contributed by atoms with E-state index in [-0.39, 0.29) is 0 Å². The van der Waals surface area contributed by atoms with Crippen LogP contribution < -0.4 is 5.32 Å². The van der Waals surface area contributed by atoms with Crippen molar-refractivity contribution in [3.05, 3.63) is 47.8 Å². The number of hydrogen-bond acceptors (Lipinski definition) is 2. The Morgan fingerprint density at radius 3 is 2.53 bits per heavy atom. The van der Waals surface area contributed by atoms with Crippen LogP contribution in [0.2, 0.25) is 0 Å². The second-order valence-corrected chi connectivity index (χ2v) is 4.49. The van der Waals surface area contributed by atoms with E-state index in [0.29, 0.717) is 5.92 Å². The number of nitrogens with one attached hydrogen (secondary N) is 1. The van der Waals surface area contributed by atoms with Crippen molar-refractivity contribution in [1.82, 2.24) is 15.1 Å². The molecule has 3 heteroatoms. The third-order valence-electron chi connectivity index (χ3n) is 2.80. The second kappa shape index (κ2) is 5.15. The Morgan fingerprint density at radius 1 is 1.24 bits per heavy atom. The summed E-state index contributed by atoms with van der Waals surface area (Å²) in [7, 11) is 1.96. The van der Waals surface area contributed by atoms with Crippen LogP contribution in [0.15, 0.2) is 36.5 Å². The molecule has 2 rings (SSSR count). The highest BCUT2D eigenvalue weighted by Crippen LogP contribution is 2.22. The maximum absolute atomic E-state index is 4.50. The largest absolute Gasteiger partial charge is 0.316 e. The highest BCUT2D eigenvalue weighted by Gasteiger charge is 2.14. The molecule has 0 saturated carbocycles. The molecule has 3 nitrogen and oxygen atoms in total. The lowest BCUT2D eigenvalue weighted by molar-refractivity contribution is 0.713. The van der Waals surface area contributed by atoms with Crippen molar-refractivity contribution in [2.75, 3.05) is 7.05 Å². The van der Waals surface area contributed by atoms with Gasteiger partial charge in [-0.3, -0.25) is 0 Å². The molecule has 0 amide bonds. The maximum Gasteiger partial charge on any atom is 0.0649 e. The molecule has 0 spiro atoms. The van der Waals surface area contributed by atoms with Crippen LogP contribution in [0.1, 0.15) is 31.0 Å². The minimum Gasteiger partial charge on any atom is -0.316 e. The Hall–Kier alpha value is -1.61. The van der Waals surface area contributed by atoms with Crippen LogP contribution in [0.25, 0.3) is 5.69 Å². The van der Waals surface area contributed by atoms with Gasteiger partial charge >= 0.3 is 0 Å². The molecule has 0 bridgehead atoms. The molecule has 90 valence electrons. The summed E-state index contributed by atoms with van der Waals surface area (Å²) in [5.41, 5.74) is 3.68. The first-order valence-corrected chi connectivity index (χ1v) is 6.01. The fraction of sp³-hybridized carbons (Fsp3) is 0.357. The number of benzene rings is 1. The van der Waals surface area contributed by atoms with Crippen LogP contribution in [-0.4, -0.2) is 16.8 Å². The van der Waals surface area contributed by atoms with Gasteiger partial charge in [0.15, 0.2) is 0 Å². The van der Waals surface area contributed by atoms with Crippen molar-refractivity contribution in [3.63, 3.8) is 0 Å². The van der Waals surface area contributed by atoms with Gasteiger partial charge in [-0.1, -0.05) is 32.0 Å². The summed E-state index contributed by atoms with van der Waals surface area (Å²) in [6.07, 6.45) is 1.96. The minimum atomic E-state index is 0.459. The third-order valence-corrected chi connectivity index (χ3v) is 2.80. The predicted octanol–water partition coefficient (Wildman–Crippen LogP) is 2.72. The van der Waals surface area contributed by atoms with E-state index in [1.54, 1.807) is 0 Å². The molecule has 17 heavy (non-hydrogen) atoms. The summed E-state index contributed by atoms with van der Waals surface area (Å²) >= 11 is 0. The summed E-state index contributed by atoms with van der Waals surface area (Å²) < 4.78 is 2.04. The molecule has 0 aliphatic rings. The van der Waals surface area contributed by atoms with E-state index < -0.39 is 0 Å². The topological polar surface area (TPSA) is 29.9 Å². The molecule has 0 aliphatic heterocycles. The third kappa shape index (κ3) is 2.39. The molecule has 0 radical (unpaired) electrons. The van der Waals surface area contributed by atoms with Gasteiger partial charge in [0.05, 0.1) is 17.6 Å². The van der Waals surface area contributed by atoms with E-state index in [0.717, 1.165) is 12.2 Å². The fourth-order valence-corrected chi connectivity index (χ4v) is 2.11. The van der Waals surface area contributed by atoms with E-state index in [4.69, 9.17) is 0 Å². The van der Waals surface area contributed by atoms with Gasteiger partial charge in [0.1, 0.15) is 0 Å². The Balaban J connectivity index is 2.48. The Morgan fingerprint density at radius 2 is 1.94 bits per heavy atom. The summed E-state index contributed by atoms with van der Waals surface area (Å²) in [6, 6.07) is 10.3. The predicted molar refractivity (Wildman–Crippen MR) is 70.4 cm³/mol. The number of para-hydroxylation sites is 1. The SMILES string of the molecule is CNCc1cnn(-c2ccccc2)c1C(C)C. The van der Waals surface area contributed by atoms with Crippen LogP contribution in [0.3, 0.4) is 0 Å². The van der Waals surface area contributed by atoms with Crippen LogP contribution in [-0.2, 0) is 6.54 Å². The molecule has 0 aliphatic carbocycles. The van der Waals surface area contributed by atoms with E-state index in [2.05, 4.69) is 36.4 Å². The average Bonchev–Trinajstić information content (AvgIpc) is 2.74. The highest BCUT2D eigenvalue weighted by molar-refractivity contribution is 5.36. The van der Waals surface area contributed by atoms with Crippen molar-refractivity contribution in [2.45, 2.75) is 26.3 Å². The first kappa shape index (κ1) is 11.9. The molecular weight excluding hydrogens is 210 g/mol. The van der Waals surface area contributed by atoms with E-state index >= 15 is 0 Å². The van der Waals surface area contributed by atoms with Gasteiger partial charge < -0.3 is 5.32 Å². The fourth-order valence-electron chi connectivity index (χ4n) is 2.11. The Kier molecular flexibility index (Phi) is 3.59. The van der Waals surface area contributed by atoms with Crippen LogP contribution in [0.4, 0.5) is 0 Å². The van der Waals surface area contributed by atoms with Crippen molar-refractivity contribution in [3.8, 4) is 5.69 Å². The first-order chi connectivity index (χ1) is 8.24. The van der Waals surface area contributed by atoms with Crippen molar-refractivity contribution in [1.29, 1.82) is 0 Å². The van der Waals surface area contributed by atoms with Gasteiger partial charge in [0, 0.05) is 12.1 Å². The van der Waals surface area contributed by atoms with Crippen LogP contribution >= 0.6 is 0 Å². The monoisotopic (exact) mass is 229 g/mol. The molecule has 0 fully saturated rings. The zero-order valence-electron chi connectivity index (χ0n) is 10.6. The minimum absolute atomic E-state index is 0.459. The molecule has 0 atom stereocenters. The molecule has 1 heterocycles. The lowest BCUT2D eigenvalue weighted by atomic mass is 10.1. The molecule has 1 aromatic heterocycles. The van der Waals surface area contributed by atoms with Gasteiger partial charge in [0.25, 0.3) is 0 Å². The van der Waals surface area contributed by atoms with E-state index in [1.807, 2.05) is 36.1 Å². The smallest absolute Gasteiger partial charge is 0.0649 e. The molecular formula is C14H19N3. The lowest BCUT2D eigenvalue weighted by Gasteiger charge is -2.12. The normalized spacial score (nSPS) is 11.1. The van der Waals surface area contributed by atoms with Gasteiger partial charge in [-0.05, 0) is 25.1 Å². The van der Waals surface area contributed by atoms with E-state index in [9.17, 15) is 0 Å². The molecule has 1 N–H and O–H groups in total. The van der Waals surface area contributed by atoms with Crippen molar-refractivity contribution >= 4 is 0 Å². The number of nitrogens with zero attached hydrogens (tertiary/aromatic N) is 2. The highest BCUT2D eigenvalue weighted by atomic mass is 15.3. The summed E-state index contributed by atoms with van der Waals surface area (Å²) in [5, 5.41) is 7.69. The quantitative estimate of drug-likeness (QED) is 0.873. The Bertz CT molecular complexity index is 471. The van der Waals surface area contributed by atoms with Gasteiger partial charge in [0.2, 0.25) is 0 Å². The summed E-state index contributed by atoms with van der Waals surface area (Å²) in [4.78, 5) is 0. The average molecular weight is 229 g/mol. The van der Waals surface area contributed by atoms with Crippen LogP contribution in [0.5, 0.6) is 0 Å². The van der Waals surface area contributed by atoms with Crippen molar-refractivity contribution < 1.29 is 0 Å². The Labute approximate surface area is 102 Å². The number of rotatable bonds is 4. The molecule has 2 aromatic rings. The molecule has 1 aromatic carbocycles.